The summed E-state index contributed by atoms with van der Waals surface area (Å²) in [6.45, 7) is 3.32. The number of hydrogen-bond donors (Lipinski definition) is 1. The second kappa shape index (κ2) is 5.66. The lowest BCUT2D eigenvalue weighted by atomic mass is 10.1. The molecule has 2 aliphatic carbocycles. The summed E-state index contributed by atoms with van der Waals surface area (Å²) in [5, 5.41) is 4.42. The average Bonchev–Trinajstić information content (AvgIpc) is 2.98. The molecule has 98 valence electrons. The molecule has 1 aromatic rings. The molecule has 3 rings (SSSR count). The van der Waals surface area contributed by atoms with Crippen molar-refractivity contribution in [2.75, 3.05) is 6.54 Å². The van der Waals surface area contributed by atoms with E-state index in [9.17, 15) is 0 Å². The van der Waals surface area contributed by atoms with Crippen molar-refractivity contribution in [3.63, 3.8) is 0 Å². The highest BCUT2D eigenvalue weighted by Gasteiger charge is 2.24. The SMILES string of the molecule is CCNC1CCC(Sc2ccc3c(c2)CCC3)C1. The van der Waals surface area contributed by atoms with Gasteiger partial charge in [0, 0.05) is 16.2 Å². The molecule has 0 heterocycles. The van der Waals surface area contributed by atoms with E-state index in [0.717, 1.165) is 17.8 Å². The van der Waals surface area contributed by atoms with Crippen molar-refractivity contribution in [2.24, 2.45) is 0 Å². The summed E-state index contributed by atoms with van der Waals surface area (Å²) in [6, 6.07) is 7.92. The molecule has 2 aliphatic rings. The number of thioether (sulfide) groups is 1. The van der Waals surface area contributed by atoms with Gasteiger partial charge in [-0.15, -0.1) is 11.8 Å². The van der Waals surface area contributed by atoms with Crippen molar-refractivity contribution in [3.05, 3.63) is 29.3 Å². The normalized spacial score (nSPS) is 26.5. The molecule has 1 fully saturated rings. The number of fused-ring (bicyclic) bond motifs is 1. The highest BCUT2D eigenvalue weighted by molar-refractivity contribution is 8.00. The zero-order chi connectivity index (χ0) is 12.4. The molecule has 0 amide bonds. The predicted octanol–water partition coefficient (Wildman–Crippen LogP) is 3.80. The largest absolute Gasteiger partial charge is 0.314 e. The van der Waals surface area contributed by atoms with Crippen LogP contribution in [-0.4, -0.2) is 17.8 Å². The number of rotatable bonds is 4. The fraction of sp³-hybridized carbons (Fsp3) is 0.625. The quantitative estimate of drug-likeness (QED) is 0.885. The fourth-order valence-electron chi connectivity index (χ4n) is 3.34. The average molecular weight is 261 g/mol. The van der Waals surface area contributed by atoms with Crippen LogP contribution in [0, 0.1) is 0 Å². The molecular formula is C16H23NS. The number of aryl methyl sites for hydroxylation is 2. The molecule has 0 saturated heterocycles. The summed E-state index contributed by atoms with van der Waals surface area (Å²) in [7, 11) is 0. The van der Waals surface area contributed by atoms with Crippen molar-refractivity contribution in [3.8, 4) is 0 Å². The third-order valence-electron chi connectivity index (χ3n) is 4.25. The molecule has 2 atom stereocenters. The highest BCUT2D eigenvalue weighted by Crippen LogP contribution is 2.36. The molecule has 1 saturated carbocycles. The first-order valence-corrected chi connectivity index (χ1v) is 8.25. The molecule has 1 N–H and O–H groups in total. The van der Waals surface area contributed by atoms with Gasteiger partial charge in [-0.25, -0.2) is 0 Å². The molecule has 0 bridgehead atoms. The summed E-state index contributed by atoms with van der Waals surface area (Å²) >= 11 is 2.11. The molecule has 1 aromatic carbocycles. The van der Waals surface area contributed by atoms with Crippen molar-refractivity contribution in [1.82, 2.24) is 5.32 Å². The van der Waals surface area contributed by atoms with Gasteiger partial charge in [0.15, 0.2) is 0 Å². The number of benzene rings is 1. The topological polar surface area (TPSA) is 12.0 Å². The number of nitrogens with one attached hydrogen (secondary N) is 1. The van der Waals surface area contributed by atoms with Gasteiger partial charge in [-0.2, -0.15) is 0 Å². The Labute approximate surface area is 115 Å². The Bertz CT molecular complexity index is 416. The van der Waals surface area contributed by atoms with Crippen molar-refractivity contribution in [1.29, 1.82) is 0 Å². The Morgan fingerprint density at radius 3 is 3.00 bits per heavy atom. The van der Waals surface area contributed by atoms with Crippen LogP contribution in [-0.2, 0) is 12.8 Å². The van der Waals surface area contributed by atoms with E-state index >= 15 is 0 Å². The van der Waals surface area contributed by atoms with E-state index in [1.165, 1.54) is 43.4 Å². The molecule has 1 nitrogen and oxygen atoms in total. The Morgan fingerprint density at radius 1 is 1.22 bits per heavy atom. The standard InChI is InChI=1S/C16H23NS/c1-2-17-14-7-9-16(11-14)18-15-8-6-12-4-3-5-13(12)10-15/h6,8,10,14,16-17H,2-5,7,9,11H2,1H3. The predicted molar refractivity (Wildman–Crippen MR) is 79.4 cm³/mol. The summed E-state index contributed by atoms with van der Waals surface area (Å²) in [5.74, 6) is 0. The van der Waals surface area contributed by atoms with E-state index < -0.39 is 0 Å². The van der Waals surface area contributed by atoms with Crippen LogP contribution < -0.4 is 5.32 Å². The summed E-state index contributed by atoms with van der Waals surface area (Å²) in [4.78, 5) is 1.50. The van der Waals surface area contributed by atoms with E-state index in [0.29, 0.717) is 0 Å². The Hall–Kier alpha value is -0.470. The van der Waals surface area contributed by atoms with Gasteiger partial charge in [0.25, 0.3) is 0 Å². The van der Waals surface area contributed by atoms with E-state index in [4.69, 9.17) is 0 Å². The second-order valence-electron chi connectivity index (χ2n) is 5.59. The maximum Gasteiger partial charge on any atom is 0.0110 e. The third-order valence-corrected chi connectivity index (χ3v) is 5.54. The molecule has 2 heteroatoms. The van der Waals surface area contributed by atoms with E-state index in [2.05, 4.69) is 42.2 Å². The highest BCUT2D eigenvalue weighted by atomic mass is 32.2. The van der Waals surface area contributed by atoms with Crippen LogP contribution in [0.1, 0.15) is 43.7 Å². The van der Waals surface area contributed by atoms with Crippen molar-refractivity contribution in [2.45, 2.75) is 61.6 Å². The molecule has 0 radical (unpaired) electrons. The van der Waals surface area contributed by atoms with Gasteiger partial charge in [0.1, 0.15) is 0 Å². The first-order valence-electron chi connectivity index (χ1n) is 7.37. The molecule has 0 aromatic heterocycles. The van der Waals surface area contributed by atoms with Crippen molar-refractivity contribution >= 4 is 11.8 Å². The van der Waals surface area contributed by atoms with Gasteiger partial charge < -0.3 is 5.32 Å². The van der Waals surface area contributed by atoms with Gasteiger partial charge in [0.2, 0.25) is 0 Å². The summed E-state index contributed by atoms with van der Waals surface area (Å²) < 4.78 is 0. The fourth-order valence-corrected chi connectivity index (χ4v) is 4.66. The first kappa shape index (κ1) is 12.6. The van der Waals surface area contributed by atoms with E-state index in [1.807, 2.05) is 0 Å². The van der Waals surface area contributed by atoms with Crippen LogP contribution in [0.15, 0.2) is 23.1 Å². The molecule has 18 heavy (non-hydrogen) atoms. The molecule has 2 unspecified atom stereocenters. The Morgan fingerprint density at radius 2 is 2.11 bits per heavy atom. The van der Waals surface area contributed by atoms with Gasteiger partial charge >= 0.3 is 0 Å². The lowest BCUT2D eigenvalue weighted by molar-refractivity contribution is 0.543. The Kier molecular flexibility index (Phi) is 3.95. The van der Waals surface area contributed by atoms with Crippen LogP contribution in [0.3, 0.4) is 0 Å². The summed E-state index contributed by atoms with van der Waals surface area (Å²) in [6.07, 6.45) is 8.03. The summed E-state index contributed by atoms with van der Waals surface area (Å²) in [5.41, 5.74) is 3.21. The van der Waals surface area contributed by atoms with Gasteiger partial charge in [-0.3, -0.25) is 0 Å². The molecule has 0 spiro atoms. The van der Waals surface area contributed by atoms with Gasteiger partial charge in [-0.05, 0) is 68.3 Å². The Balaban J connectivity index is 1.60. The van der Waals surface area contributed by atoms with Gasteiger partial charge in [0.05, 0.1) is 0 Å². The molecular weight excluding hydrogens is 238 g/mol. The minimum Gasteiger partial charge on any atom is -0.314 e. The van der Waals surface area contributed by atoms with Crippen LogP contribution in [0.2, 0.25) is 0 Å². The van der Waals surface area contributed by atoms with Gasteiger partial charge in [-0.1, -0.05) is 13.0 Å². The smallest absolute Gasteiger partial charge is 0.0110 e. The lowest BCUT2D eigenvalue weighted by Gasteiger charge is -2.12. The van der Waals surface area contributed by atoms with Crippen LogP contribution in [0.4, 0.5) is 0 Å². The monoisotopic (exact) mass is 261 g/mol. The first-order chi connectivity index (χ1) is 8.85. The van der Waals surface area contributed by atoms with Crippen LogP contribution in [0.25, 0.3) is 0 Å². The van der Waals surface area contributed by atoms with Crippen molar-refractivity contribution < 1.29 is 0 Å². The maximum absolute atomic E-state index is 3.59. The lowest BCUT2D eigenvalue weighted by Crippen LogP contribution is -2.26. The maximum atomic E-state index is 3.59. The zero-order valence-electron chi connectivity index (χ0n) is 11.2. The third kappa shape index (κ3) is 2.75. The minimum absolute atomic E-state index is 0.766. The molecule has 0 aliphatic heterocycles. The van der Waals surface area contributed by atoms with Crippen LogP contribution >= 0.6 is 11.8 Å². The van der Waals surface area contributed by atoms with E-state index in [-0.39, 0.29) is 0 Å². The zero-order valence-corrected chi connectivity index (χ0v) is 12.1. The van der Waals surface area contributed by atoms with E-state index in [1.54, 1.807) is 11.1 Å². The second-order valence-corrected chi connectivity index (χ2v) is 6.97. The minimum atomic E-state index is 0.766. The number of hydrogen-bond acceptors (Lipinski definition) is 2. The van der Waals surface area contributed by atoms with Crippen LogP contribution in [0.5, 0.6) is 0 Å².